The average Bonchev–Trinajstić information content (AvgIpc) is 3.66. The van der Waals surface area contributed by atoms with Crippen LogP contribution < -0.4 is 27.2 Å². The quantitative estimate of drug-likeness (QED) is 0.248. The van der Waals surface area contributed by atoms with Crippen molar-refractivity contribution >= 4 is 34.1 Å². The first kappa shape index (κ1) is 27.4. The van der Waals surface area contributed by atoms with Gasteiger partial charge in [-0.2, -0.15) is 0 Å². The van der Waals surface area contributed by atoms with Crippen LogP contribution in [-0.2, 0) is 17.8 Å². The Morgan fingerprint density at radius 1 is 1.13 bits per heavy atom. The number of amides is 1. The molecule has 0 radical (unpaired) electrons. The highest BCUT2D eigenvalue weighted by Crippen LogP contribution is 2.32. The number of carbonyl (C=O) groups excluding carboxylic acids is 1. The number of aryl methyl sites for hydroxylation is 2. The summed E-state index contributed by atoms with van der Waals surface area (Å²) in [6.45, 7) is 6.90. The predicted molar refractivity (Wildman–Crippen MR) is 154 cm³/mol. The topological polar surface area (TPSA) is 106 Å². The molecule has 39 heavy (non-hydrogen) atoms. The molecule has 2 heterocycles. The normalized spacial score (nSPS) is 18.9. The van der Waals surface area contributed by atoms with Crippen LogP contribution in [0.25, 0.3) is 10.9 Å². The maximum absolute atomic E-state index is 13.2. The van der Waals surface area contributed by atoms with Gasteiger partial charge in [0, 0.05) is 54.4 Å². The third-order valence-corrected chi connectivity index (χ3v) is 8.21. The summed E-state index contributed by atoms with van der Waals surface area (Å²) < 4.78 is 8.96. The minimum atomic E-state index is -0.240. The summed E-state index contributed by atoms with van der Waals surface area (Å²) in [5.41, 5.74) is 2.38. The highest BCUT2D eigenvalue weighted by molar-refractivity contribution is 6.31. The lowest BCUT2D eigenvalue weighted by Gasteiger charge is -2.20. The van der Waals surface area contributed by atoms with Crippen molar-refractivity contribution in [2.24, 2.45) is 11.8 Å². The molecule has 0 bridgehead atoms. The maximum atomic E-state index is 13.2. The van der Waals surface area contributed by atoms with E-state index in [1.54, 1.807) is 22.8 Å². The van der Waals surface area contributed by atoms with Crippen molar-refractivity contribution in [3.63, 3.8) is 0 Å². The molecule has 9 nitrogen and oxygen atoms in total. The van der Waals surface area contributed by atoms with E-state index in [9.17, 15) is 14.4 Å². The van der Waals surface area contributed by atoms with Gasteiger partial charge in [-0.15, -0.1) is 0 Å². The monoisotopic (exact) mass is 553 g/mol. The number of nitrogens with zero attached hydrogens (tertiary/aromatic N) is 2. The Morgan fingerprint density at radius 2 is 1.95 bits per heavy atom. The largest absolute Gasteiger partial charge is 0.363 e. The van der Waals surface area contributed by atoms with Crippen LogP contribution in [0.2, 0.25) is 5.02 Å². The van der Waals surface area contributed by atoms with Crippen LogP contribution in [0.5, 0.6) is 0 Å². The summed E-state index contributed by atoms with van der Waals surface area (Å²) >= 11 is 6.18. The number of fused-ring (bicyclic) bond motifs is 1. The lowest BCUT2D eigenvalue weighted by molar-refractivity contribution is 0.0876. The molecule has 2 fully saturated rings. The molecule has 5 rings (SSSR count). The summed E-state index contributed by atoms with van der Waals surface area (Å²) in [5.74, 6) is 0.598. The molecule has 1 aromatic heterocycles. The molecule has 1 aliphatic carbocycles. The molecule has 10 heteroatoms. The highest BCUT2D eigenvalue weighted by Gasteiger charge is 2.29. The molecule has 3 aromatic rings. The fraction of sp³-hybridized carbons (Fsp3) is 0.483. The van der Waals surface area contributed by atoms with E-state index in [0.717, 1.165) is 24.2 Å². The van der Waals surface area contributed by atoms with E-state index >= 15 is 0 Å². The average molecular weight is 554 g/mol. The van der Waals surface area contributed by atoms with Gasteiger partial charge in [-0.3, -0.25) is 18.7 Å². The second-order valence-corrected chi connectivity index (χ2v) is 11.0. The van der Waals surface area contributed by atoms with Crippen molar-refractivity contribution in [2.75, 3.05) is 31.7 Å². The molecule has 208 valence electrons. The van der Waals surface area contributed by atoms with Crippen molar-refractivity contribution in [2.45, 2.75) is 52.2 Å². The third kappa shape index (κ3) is 6.21. The Kier molecular flexibility index (Phi) is 8.40. The van der Waals surface area contributed by atoms with Gasteiger partial charge in [-0.05, 0) is 62.1 Å². The maximum Gasteiger partial charge on any atom is 0.331 e. The number of halogens is 1. The number of hydrogen-bond donors (Lipinski definition) is 3. The minimum absolute atomic E-state index is 0.0573. The molecule has 2 aliphatic rings. The van der Waals surface area contributed by atoms with Crippen LogP contribution in [0.3, 0.4) is 0 Å². The number of rotatable bonds is 11. The van der Waals surface area contributed by atoms with Crippen molar-refractivity contribution in [1.82, 2.24) is 19.8 Å². The number of nitrogens with one attached hydrogen (secondary N) is 3. The molecule has 1 amide bonds. The summed E-state index contributed by atoms with van der Waals surface area (Å²) in [6.07, 6.45) is 3.24. The Balaban J connectivity index is 1.19. The van der Waals surface area contributed by atoms with Crippen molar-refractivity contribution in [1.29, 1.82) is 0 Å². The molecule has 2 atom stereocenters. The minimum Gasteiger partial charge on any atom is -0.363 e. The second-order valence-electron chi connectivity index (χ2n) is 10.6. The highest BCUT2D eigenvalue weighted by atomic mass is 35.5. The first-order valence-corrected chi connectivity index (χ1v) is 14.1. The molecule has 2 aromatic carbocycles. The molecular weight excluding hydrogens is 518 g/mol. The zero-order chi connectivity index (χ0) is 27.5. The van der Waals surface area contributed by atoms with Crippen molar-refractivity contribution in [3.8, 4) is 0 Å². The number of carbonyl (C=O) groups is 1. The fourth-order valence-corrected chi connectivity index (χ4v) is 5.34. The van der Waals surface area contributed by atoms with Crippen molar-refractivity contribution in [3.05, 3.63) is 73.4 Å². The van der Waals surface area contributed by atoms with E-state index < -0.39 is 0 Å². The van der Waals surface area contributed by atoms with Crippen LogP contribution in [0, 0.1) is 18.8 Å². The second kappa shape index (κ2) is 11.9. The number of ether oxygens (including phenoxy) is 1. The smallest absolute Gasteiger partial charge is 0.331 e. The van der Waals surface area contributed by atoms with Gasteiger partial charge >= 0.3 is 5.69 Å². The van der Waals surface area contributed by atoms with Crippen LogP contribution in [0.1, 0.15) is 42.1 Å². The van der Waals surface area contributed by atoms with Gasteiger partial charge in [0.05, 0.1) is 17.5 Å². The summed E-state index contributed by atoms with van der Waals surface area (Å²) in [4.78, 5) is 38.9. The number of hydrogen-bond acceptors (Lipinski definition) is 6. The summed E-state index contributed by atoms with van der Waals surface area (Å²) in [7, 11) is 0. The van der Waals surface area contributed by atoms with Crippen molar-refractivity contribution < 1.29 is 9.53 Å². The van der Waals surface area contributed by atoms with Gasteiger partial charge in [0.15, 0.2) is 0 Å². The van der Waals surface area contributed by atoms with Gasteiger partial charge in [0.1, 0.15) is 6.73 Å². The number of anilines is 1. The SMILES string of the molecule is CCn1c(=O)n(CCC2CC2)c(=O)c2cc(NCOC[C@@H]3CNC[C@H]3NC(=O)c3ccc(C)c(Cl)c3)ccc21. The Labute approximate surface area is 232 Å². The molecule has 0 spiro atoms. The van der Waals surface area contributed by atoms with Crippen LogP contribution in [0.15, 0.2) is 46.0 Å². The zero-order valence-corrected chi connectivity index (χ0v) is 23.2. The van der Waals surface area contributed by atoms with E-state index in [4.69, 9.17) is 16.3 Å². The first-order chi connectivity index (χ1) is 18.9. The molecule has 1 saturated heterocycles. The third-order valence-electron chi connectivity index (χ3n) is 7.80. The van der Waals surface area contributed by atoms with Gasteiger partial charge < -0.3 is 20.7 Å². The van der Waals surface area contributed by atoms with Gasteiger partial charge in [-0.1, -0.05) is 30.5 Å². The van der Waals surface area contributed by atoms with E-state index in [1.807, 2.05) is 32.0 Å². The first-order valence-electron chi connectivity index (χ1n) is 13.7. The van der Waals surface area contributed by atoms with Gasteiger partial charge in [0.2, 0.25) is 0 Å². The lowest BCUT2D eigenvalue weighted by atomic mass is 10.0. The Hall–Kier alpha value is -3.14. The number of benzene rings is 2. The summed E-state index contributed by atoms with van der Waals surface area (Å²) in [6, 6.07) is 10.7. The zero-order valence-electron chi connectivity index (χ0n) is 22.5. The predicted octanol–water partition coefficient (Wildman–Crippen LogP) is 3.35. The van der Waals surface area contributed by atoms with E-state index in [0.29, 0.717) is 53.6 Å². The Bertz CT molecular complexity index is 1480. The number of aromatic nitrogens is 2. The molecule has 1 saturated carbocycles. The van der Waals surface area contributed by atoms with E-state index in [1.165, 1.54) is 17.4 Å². The van der Waals surface area contributed by atoms with Crippen LogP contribution in [-0.4, -0.2) is 47.5 Å². The van der Waals surface area contributed by atoms with Gasteiger partial charge in [-0.25, -0.2) is 4.79 Å². The molecule has 3 N–H and O–H groups in total. The van der Waals surface area contributed by atoms with E-state index in [2.05, 4.69) is 16.0 Å². The standard InChI is InChI=1S/C29H36ClN5O4/c1-3-34-26-9-8-22(13-23(26)28(37)35(29(34)38)11-10-19-5-6-19)32-17-39-16-21-14-31-15-25(21)33-27(36)20-7-4-18(2)24(30)12-20/h4,7-9,12-13,19,21,25,31-32H,3,5-6,10-11,14-17H2,1-2H3,(H,33,36)/t21-,25+/m0/s1. The molecular formula is C29H36ClN5O4. The van der Waals surface area contributed by atoms with Crippen LogP contribution >= 0.6 is 11.6 Å². The molecule has 0 unspecified atom stereocenters. The molecule has 1 aliphatic heterocycles. The van der Waals surface area contributed by atoms with E-state index in [-0.39, 0.29) is 35.8 Å². The lowest BCUT2D eigenvalue weighted by Crippen LogP contribution is -2.41. The fourth-order valence-electron chi connectivity index (χ4n) is 5.16. The Morgan fingerprint density at radius 3 is 2.69 bits per heavy atom. The van der Waals surface area contributed by atoms with Crippen LogP contribution in [0.4, 0.5) is 5.69 Å². The summed E-state index contributed by atoms with van der Waals surface area (Å²) in [5, 5.41) is 10.7. The van der Waals surface area contributed by atoms with Gasteiger partial charge in [0.25, 0.3) is 11.5 Å².